The van der Waals surface area contributed by atoms with Crippen LogP contribution in [0.3, 0.4) is 0 Å². The number of nitro groups is 1. The third-order valence-electron chi connectivity index (χ3n) is 2.19. The minimum absolute atomic E-state index is 0.111. The molecule has 0 aliphatic carbocycles. The van der Waals surface area contributed by atoms with Crippen LogP contribution in [0, 0.1) is 10.1 Å². The third kappa shape index (κ3) is 4.40. The summed E-state index contributed by atoms with van der Waals surface area (Å²) in [6.45, 7) is -0.00648. The minimum atomic E-state index is -3.63. The van der Waals surface area contributed by atoms with Crippen LogP contribution in [-0.2, 0) is 15.8 Å². The number of hydrogen-bond acceptors (Lipinski definition) is 5. The fourth-order valence-electron chi connectivity index (χ4n) is 1.37. The molecule has 0 radical (unpaired) electrons. The summed E-state index contributed by atoms with van der Waals surface area (Å²) in [5.41, 5.74) is -0.0796. The lowest BCUT2D eigenvalue weighted by Gasteiger charge is -2.06. The van der Waals surface area contributed by atoms with Crippen molar-refractivity contribution in [3.8, 4) is 0 Å². The Hall–Kier alpha value is -1.51. The molecule has 1 rings (SSSR count). The maximum absolute atomic E-state index is 11.6. The van der Waals surface area contributed by atoms with Crippen LogP contribution >= 0.6 is 0 Å². The lowest BCUT2D eigenvalue weighted by atomic mass is 10.2. The molecule has 8 heteroatoms. The van der Waals surface area contributed by atoms with Crippen LogP contribution in [0.5, 0.6) is 0 Å². The summed E-state index contributed by atoms with van der Waals surface area (Å²) in [6, 6.07) is 5.70. The van der Waals surface area contributed by atoms with Crippen molar-refractivity contribution >= 4 is 15.7 Å². The van der Waals surface area contributed by atoms with Gasteiger partial charge in [0.25, 0.3) is 5.69 Å². The monoisotopic (exact) mass is 274 g/mol. The van der Waals surface area contributed by atoms with Crippen LogP contribution in [0.25, 0.3) is 0 Å². The Morgan fingerprint density at radius 1 is 1.33 bits per heavy atom. The van der Waals surface area contributed by atoms with Gasteiger partial charge < -0.3 is 5.11 Å². The van der Waals surface area contributed by atoms with E-state index in [-0.39, 0.29) is 24.4 Å². The normalized spacial score (nSPS) is 11.4. The standard InChI is InChI=1S/C10H14N2O5S/c13-7-3-6-11-18(16,17)8-9-4-1-2-5-10(9)12(14)15/h1-2,4-5,11,13H,3,6-8H2. The first kappa shape index (κ1) is 14.6. The zero-order chi connectivity index (χ0) is 13.6. The number of aliphatic hydroxyl groups excluding tert-OH is 1. The summed E-state index contributed by atoms with van der Waals surface area (Å²) in [7, 11) is -3.63. The van der Waals surface area contributed by atoms with Gasteiger partial charge in [0.05, 0.1) is 10.7 Å². The van der Waals surface area contributed by atoms with Gasteiger partial charge in [-0.3, -0.25) is 10.1 Å². The van der Waals surface area contributed by atoms with Crippen molar-refractivity contribution < 1.29 is 18.4 Å². The second-order valence-corrected chi connectivity index (χ2v) is 5.42. The number of hydrogen-bond donors (Lipinski definition) is 2. The van der Waals surface area contributed by atoms with Gasteiger partial charge >= 0.3 is 0 Å². The molecule has 0 atom stereocenters. The number of aliphatic hydroxyl groups is 1. The molecule has 0 heterocycles. The smallest absolute Gasteiger partial charge is 0.273 e. The molecule has 1 aromatic rings. The Morgan fingerprint density at radius 3 is 2.61 bits per heavy atom. The van der Waals surface area contributed by atoms with E-state index in [0.29, 0.717) is 6.42 Å². The van der Waals surface area contributed by atoms with Gasteiger partial charge in [-0.15, -0.1) is 0 Å². The van der Waals surface area contributed by atoms with Gasteiger partial charge in [-0.1, -0.05) is 18.2 Å². The summed E-state index contributed by atoms with van der Waals surface area (Å²) in [5, 5.41) is 19.3. The maximum Gasteiger partial charge on any atom is 0.273 e. The molecule has 2 N–H and O–H groups in total. The molecule has 0 aliphatic rings. The van der Waals surface area contributed by atoms with E-state index >= 15 is 0 Å². The van der Waals surface area contributed by atoms with Crippen LogP contribution in [0.4, 0.5) is 5.69 Å². The second-order valence-electron chi connectivity index (χ2n) is 3.62. The highest BCUT2D eigenvalue weighted by molar-refractivity contribution is 7.88. The number of sulfonamides is 1. The Labute approximate surface area is 105 Å². The van der Waals surface area contributed by atoms with Crippen LogP contribution in [0.2, 0.25) is 0 Å². The summed E-state index contributed by atoms with van der Waals surface area (Å²) < 4.78 is 25.5. The number of benzene rings is 1. The molecular weight excluding hydrogens is 260 g/mol. The van der Waals surface area contributed by atoms with Crippen molar-refractivity contribution in [2.75, 3.05) is 13.2 Å². The van der Waals surface area contributed by atoms with Crippen LogP contribution < -0.4 is 4.72 Å². The molecule has 0 unspecified atom stereocenters. The lowest BCUT2D eigenvalue weighted by Crippen LogP contribution is -2.26. The Balaban J connectivity index is 2.81. The van der Waals surface area contributed by atoms with Crippen LogP contribution in [0.1, 0.15) is 12.0 Å². The average Bonchev–Trinajstić information content (AvgIpc) is 2.29. The van der Waals surface area contributed by atoms with Gasteiger partial charge in [-0.05, 0) is 6.42 Å². The van der Waals surface area contributed by atoms with Crippen molar-refractivity contribution in [2.45, 2.75) is 12.2 Å². The van der Waals surface area contributed by atoms with Crippen molar-refractivity contribution in [2.24, 2.45) is 0 Å². The molecule has 100 valence electrons. The highest BCUT2D eigenvalue weighted by atomic mass is 32.2. The first-order valence-electron chi connectivity index (χ1n) is 5.27. The predicted molar refractivity (Wildman–Crippen MR) is 65.4 cm³/mol. The molecule has 1 aromatic carbocycles. The first-order chi connectivity index (χ1) is 8.46. The van der Waals surface area contributed by atoms with Crippen molar-refractivity contribution in [3.63, 3.8) is 0 Å². The quantitative estimate of drug-likeness (QED) is 0.425. The van der Waals surface area contributed by atoms with E-state index in [1.807, 2.05) is 0 Å². The van der Waals surface area contributed by atoms with E-state index in [9.17, 15) is 18.5 Å². The van der Waals surface area contributed by atoms with Gasteiger partial charge in [-0.2, -0.15) is 0 Å². The van der Waals surface area contributed by atoms with E-state index in [0.717, 1.165) is 0 Å². The van der Waals surface area contributed by atoms with E-state index in [1.165, 1.54) is 18.2 Å². The topological polar surface area (TPSA) is 110 Å². The predicted octanol–water partition coefficient (Wildman–Crippen LogP) is 0.397. The zero-order valence-corrected chi connectivity index (χ0v) is 10.4. The molecular formula is C10H14N2O5S. The molecule has 0 aromatic heterocycles. The molecule has 0 bridgehead atoms. The van der Waals surface area contributed by atoms with Gasteiger partial charge in [-0.25, -0.2) is 13.1 Å². The Morgan fingerprint density at radius 2 is 2.00 bits per heavy atom. The molecule has 0 fully saturated rings. The molecule has 18 heavy (non-hydrogen) atoms. The molecule has 0 amide bonds. The van der Waals surface area contributed by atoms with Crippen molar-refractivity contribution in [3.05, 3.63) is 39.9 Å². The Kier molecular flexibility index (Phi) is 5.20. The van der Waals surface area contributed by atoms with Crippen LogP contribution in [-0.4, -0.2) is 31.6 Å². The fourth-order valence-corrected chi connectivity index (χ4v) is 2.58. The van der Waals surface area contributed by atoms with E-state index in [2.05, 4.69) is 4.72 Å². The van der Waals surface area contributed by atoms with Gasteiger partial charge in [0, 0.05) is 24.8 Å². The summed E-state index contributed by atoms with van der Waals surface area (Å²) >= 11 is 0. The lowest BCUT2D eigenvalue weighted by molar-refractivity contribution is -0.385. The zero-order valence-electron chi connectivity index (χ0n) is 9.57. The highest BCUT2D eigenvalue weighted by Gasteiger charge is 2.18. The van der Waals surface area contributed by atoms with Crippen LogP contribution in [0.15, 0.2) is 24.3 Å². The second kappa shape index (κ2) is 6.43. The van der Waals surface area contributed by atoms with Crippen molar-refractivity contribution in [1.29, 1.82) is 0 Å². The highest BCUT2D eigenvalue weighted by Crippen LogP contribution is 2.19. The van der Waals surface area contributed by atoms with Gasteiger partial charge in [0.2, 0.25) is 10.0 Å². The Bertz CT molecular complexity index is 515. The van der Waals surface area contributed by atoms with Gasteiger partial charge in [0.15, 0.2) is 0 Å². The maximum atomic E-state index is 11.6. The van der Waals surface area contributed by atoms with E-state index in [1.54, 1.807) is 6.07 Å². The summed E-state index contributed by atoms with van der Waals surface area (Å²) in [4.78, 5) is 10.1. The van der Waals surface area contributed by atoms with E-state index in [4.69, 9.17) is 5.11 Å². The molecule has 0 aliphatic heterocycles. The number of para-hydroxylation sites is 1. The third-order valence-corrected chi connectivity index (χ3v) is 3.53. The number of nitro benzene ring substituents is 1. The van der Waals surface area contributed by atoms with Gasteiger partial charge in [0.1, 0.15) is 0 Å². The minimum Gasteiger partial charge on any atom is -0.396 e. The molecule has 7 nitrogen and oxygen atoms in total. The number of nitrogens with zero attached hydrogens (tertiary/aromatic N) is 1. The number of nitrogens with one attached hydrogen (secondary N) is 1. The molecule has 0 saturated heterocycles. The van der Waals surface area contributed by atoms with E-state index < -0.39 is 20.7 Å². The summed E-state index contributed by atoms with van der Waals surface area (Å²) in [5.74, 6) is -0.449. The van der Waals surface area contributed by atoms with Crippen molar-refractivity contribution in [1.82, 2.24) is 4.72 Å². The SMILES string of the molecule is O=[N+]([O-])c1ccccc1CS(=O)(=O)NCCCO. The number of rotatable bonds is 7. The summed E-state index contributed by atoms with van der Waals surface area (Å²) in [6.07, 6.45) is 0.302. The molecule has 0 spiro atoms. The average molecular weight is 274 g/mol. The molecule has 0 saturated carbocycles. The fraction of sp³-hybridized carbons (Fsp3) is 0.400. The first-order valence-corrected chi connectivity index (χ1v) is 6.92. The largest absolute Gasteiger partial charge is 0.396 e.